The molecule has 0 aliphatic heterocycles. The number of nitrogens with two attached hydrogens (primary N) is 1. The summed E-state index contributed by atoms with van der Waals surface area (Å²) in [4.78, 5) is 11.2. The van der Waals surface area contributed by atoms with Gasteiger partial charge < -0.3 is 5.73 Å². The summed E-state index contributed by atoms with van der Waals surface area (Å²) in [6.45, 7) is 0. The number of rotatable bonds is 3. The fourth-order valence-corrected chi connectivity index (χ4v) is 2.14. The van der Waals surface area contributed by atoms with Gasteiger partial charge in [-0.3, -0.25) is 4.79 Å². The number of nitrogens with zero attached hydrogens (tertiary/aromatic N) is 2. The molecule has 0 saturated carbocycles. The normalized spacial score (nSPS) is 10.4. The summed E-state index contributed by atoms with van der Waals surface area (Å²) in [7, 11) is 0. The zero-order valence-electron chi connectivity index (χ0n) is 10.7. The second kappa shape index (κ2) is 5.01. The number of hydrogen-bond donors (Lipinski definition) is 1. The van der Waals surface area contributed by atoms with Gasteiger partial charge in [-0.05, 0) is 24.3 Å². The number of carbonyl (C=O) groups excluding carboxylic acids is 1. The Labute approximate surface area is 116 Å². The minimum absolute atomic E-state index is 0.563. The number of carbonyl (C=O) groups is 1. The lowest BCUT2D eigenvalue weighted by Crippen LogP contribution is -2.00. The van der Waals surface area contributed by atoms with Crippen LogP contribution in [0.5, 0.6) is 0 Å². The van der Waals surface area contributed by atoms with Crippen LogP contribution in [-0.2, 0) is 0 Å². The summed E-state index contributed by atoms with van der Waals surface area (Å²) >= 11 is 0. The molecule has 3 aromatic rings. The van der Waals surface area contributed by atoms with E-state index in [1.807, 2.05) is 54.6 Å². The maximum atomic E-state index is 11.2. The summed E-state index contributed by atoms with van der Waals surface area (Å²) in [6, 6.07) is 17.1. The summed E-state index contributed by atoms with van der Waals surface area (Å²) in [5.74, 6) is 0. The molecule has 0 fully saturated rings. The van der Waals surface area contributed by atoms with Gasteiger partial charge in [0.25, 0.3) is 0 Å². The van der Waals surface area contributed by atoms with Gasteiger partial charge in [0.05, 0.1) is 23.1 Å². The Bertz CT molecular complexity index is 730. The molecule has 0 unspecified atom stereocenters. The second-order valence-electron chi connectivity index (χ2n) is 4.44. The zero-order chi connectivity index (χ0) is 13.9. The summed E-state index contributed by atoms with van der Waals surface area (Å²) in [5, 5.41) is 4.31. The van der Waals surface area contributed by atoms with E-state index in [1.165, 1.54) is 0 Å². The van der Waals surface area contributed by atoms with Crippen LogP contribution in [-0.4, -0.2) is 16.1 Å². The van der Waals surface area contributed by atoms with E-state index in [-0.39, 0.29) is 0 Å². The molecule has 4 nitrogen and oxygen atoms in total. The molecule has 20 heavy (non-hydrogen) atoms. The van der Waals surface area contributed by atoms with Gasteiger partial charge in [0, 0.05) is 11.3 Å². The van der Waals surface area contributed by atoms with Crippen LogP contribution >= 0.6 is 0 Å². The molecule has 98 valence electrons. The van der Waals surface area contributed by atoms with Gasteiger partial charge in [-0.2, -0.15) is 5.10 Å². The van der Waals surface area contributed by atoms with Crippen LogP contribution in [0.2, 0.25) is 0 Å². The van der Waals surface area contributed by atoms with Crippen molar-refractivity contribution in [1.82, 2.24) is 9.78 Å². The van der Waals surface area contributed by atoms with Crippen LogP contribution in [0.3, 0.4) is 0 Å². The Morgan fingerprint density at radius 1 is 1.00 bits per heavy atom. The topological polar surface area (TPSA) is 60.9 Å². The molecule has 0 saturated heterocycles. The first-order chi connectivity index (χ1) is 9.79. The van der Waals surface area contributed by atoms with E-state index in [1.54, 1.807) is 10.9 Å². The predicted octanol–water partition coefficient (Wildman–Crippen LogP) is 2.93. The molecule has 0 aliphatic rings. The fourth-order valence-electron chi connectivity index (χ4n) is 2.14. The Balaban J connectivity index is 2.20. The largest absolute Gasteiger partial charge is 0.399 e. The molecule has 0 amide bonds. The number of aldehydes is 1. The van der Waals surface area contributed by atoms with Crippen LogP contribution in [0.25, 0.3) is 16.9 Å². The van der Waals surface area contributed by atoms with Crippen LogP contribution in [0.1, 0.15) is 10.4 Å². The lowest BCUT2D eigenvalue weighted by atomic mass is 10.1. The number of anilines is 1. The molecule has 2 aromatic carbocycles. The molecule has 1 aromatic heterocycles. The van der Waals surface area contributed by atoms with Crippen molar-refractivity contribution in [3.8, 4) is 16.9 Å². The molecular formula is C16H13N3O. The van der Waals surface area contributed by atoms with Crippen molar-refractivity contribution < 1.29 is 4.79 Å². The molecule has 1 heterocycles. The smallest absolute Gasteiger partial charge is 0.153 e. The first kappa shape index (κ1) is 12.2. The van der Waals surface area contributed by atoms with Gasteiger partial charge in [-0.25, -0.2) is 4.68 Å². The molecular weight excluding hydrogens is 250 g/mol. The third-order valence-corrected chi connectivity index (χ3v) is 3.11. The highest BCUT2D eigenvalue weighted by Gasteiger charge is 2.13. The highest BCUT2D eigenvalue weighted by Crippen LogP contribution is 2.25. The molecule has 2 N–H and O–H groups in total. The van der Waals surface area contributed by atoms with E-state index < -0.39 is 0 Å². The van der Waals surface area contributed by atoms with Gasteiger partial charge in [-0.15, -0.1) is 0 Å². The summed E-state index contributed by atoms with van der Waals surface area (Å²) in [6.07, 6.45) is 2.40. The van der Waals surface area contributed by atoms with Crippen molar-refractivity contribution >= 4 is 12.0 Å². The predicted molar refractivity (Wildman–Crippen MR) is 78.8 cm³/mol. The van der Waals surface area contributed by atoms with E-state index in [0.29, 0.717) is 11.3 Å². The summed E-state index contributed by atoms with van der Waals surface area (Å²) in [5.41, 5.74) is 9.55. The Morgan fingerprint density at radius 3 is 2.35 bits per heavy atom. The van der Waals surface area contributed by atoms with E-state index in [9.17, 15) is 4.79 Å². The Hall–Kier alpha value is -2.88. The molecule has 4 heteroatoms. The van der Waals surface area contributed by atoms with E-state index in [0.717, 1.165) is 23.2 Å². The number of hydrogen-bond acceptors (Lipinski definition) is 3. The molecule has 0 radical (unpaired) electrons. The minimum Gasteiger partial charge on any atom is -0.399 e. The zero-order valence-corrected chi connectivity index (χ0v) is 10.7. The van der Waals surface area contributed by atoms with Gasteiger partial charge in [0.2, 0.25) is 0 Å². The van der Waals surface area contributed by atoms with Crippen molar-refractivity contribution in [3.05, 3.63) is 66.4 Å². The van der Waals surface area contributed by atoms with Gasteiger partial charge in [-0.1, -0.05) is 30.3 Å². The minimum atomic E-state index is 0.563. The van der Waals surface area contributed by atoms with E-state index in [2.05, 4.69) is 5.10 Å². The van der Waals surface area contributed by atoms with Gasteiger partial charge in [0.1, 0.15) is 0 Å². The van der Waals surface area contributed by atoms with E-state index >= 15 is 0 Å². The molecule has 0 spiro atoms. The van der Waals surface area contributed by atoms with Crippen LogP contribution in [0, 0.1) is 0 Å². The third-order valence-electron chi connectivity index (χ3n) is 3.11. The van der Waals surface area contributed by atoms with Crippen molar-refractivity contribution in [2.24, 2.45) is 0 Å². The second-order valence-corrected chi connectivity index (χ2v) is 4.44. The Morgan fingerprint density at radius 2 is 1.70 bits per heavy atom. The monoisotopic (exact) mass is 263 g/mol. The average molecular weight is 263 g/mol. The van der Waals surface area contributed by atoms with Crippen molar-refractivity contribution in [3.63, 3.8) is 0 Å². The van der Waals surface area contributed by atoms with Crippen molar-refractivity contribution in [1.29, 1.82) is 0 Å². The average Bonchev–Trinajstić information content (AvgIpc) is 2.93. The number of benzene rings is 2. The van der Waals surface area contributed by atoms with Crippen molar-refractivity contribution in [2.75, 3.05) is 5.73 Å². The van der Waals surface area contributed by atoms with Crippen LogP contribution < -0.4 is 5.73 Å². The molecule has 0 bridgehead atoms. The quantitative estimate of drug-likeness (QED) is 0.583. The summed E-state index contributed by atoms with van der Waals surface area (Å²) < 4.78 is 1.75. The highest BCUT2D eigenvalue weighted by atomic mass is 16.1. The van der Waals surface area contributed by atoms with Gasteiger partial charge >= 0.3 is 0 Å². The van der Waals surface area contributed by atoms with Crippen LogP contribution in [0.15, 0.2) is 60.8 Å². The standard InChI is InChI=1S/C16H13N3O/c17-14-6-8-15(9-7-14)19-16(13(11-20)10-18-19)12-4-2-1-3-5-12/h1-11H,17H2. The Kier molecular flexibility index (Phi) is 3.05. The molecule has 0 atom stereocenters. The SMILES string of the molecule is Nc1ccc(-n2ncc(C=O)c2-c2ccccc2)cc1. The van der Waals surface area contributed by atoms with Gasteiger partial charge in [0.15, 0.2) is 6.29 Å². The lowest BCUT2D eigenvalue weighted by Gasteiger charge is -2.08. The fraction of sp³-hybridized carbons (Fsp3) is 0. The maximum Gasteiger partial charge on any atom is 0.153 e. The van der Waals surface area contributed by atoms with Crippen LogP contribution in [0.4, 0.5) is 5.69 Å². The maximum absolute atomic E-state index is 11.2. The third kappa shape index (κ3) is 2.07. The highest BCUT2D eigenvalue weighted by molar-refractivity contribution is 5.86. The number of nitrogen functional groups attached to an aromatic ring is 1. The first-order valence-corrected chi connectivity index (χ1v) is 6.24. The number of aromatic nitrogens is 2. The lowest BCUT2D eigenvalue weighted by molar-refractivity contribution is 0.112. The van der Waals surface area contributed by atoms with Crippen molar-refractivity contribution in [2.45, 2.75) is 0 Å². The first-order valence-electron chi connectivity index (χ1n) is 6.24. The molecule has 0 aliphatic carbocycles. The van der Waals surface area contributed by atoms with E-state index in [4.69, 9.17) is 5.73 Å². The molecule has 3 rings (SSSR count).